The summed E-state index contributed by atoms with van der Waals surface area (Å²) in [7, 11) is 0. The van der Waals surface area contributed by atoms with Gasteiger partial charge >= 0.3 is 12.1 Å². The number of benzene rings is 4. The third-order valence-corrected chi connectivity index (χ3v) is 8.98. The highest BCUT2D eigenvalue weighted by atomic mass is 32.2. The highest BCUT2D eigenvalue weighted by Gasteiger charge is 2.39. The lowest BCUT2D eigenvalue weighted by atomic mass is 9.84. The van der Waals surface area contributed by atoms with Crippen molar-refractivity contribution < 1.29 is 29.0 Å². The van der Waals surface area contributed by atoms with E-state index in [4.69, 9.17) is 9.84 Å². The van der Waals surface area contributed by atoms with Gasteiger partial charge in [-0.05, 0) is 43.0 Å². The first-order valence-electron chi connectivity index (χ1n) is 15.6. The van der Waals surface area contributed by atoms with Crippen molar-refractivity contribution in [1.29, 1.82) is 0 Å². The van der Waals surface area contributed by atoms with Crippen LogP contribution in [0.5, 0.6) is 0 Å². The molecule has 0 heterocycles. The van der Waals surface area contributed by atoms with Crippen molar-refractivity contribution in [2.75, 3.05) is 12.3 Å². The van der Waals surface area contributed by atoms with Crippen LogP contribution in [0, 0.1) is 0 Å². The second kappa shape index (κ2) is 16.6. The van der Waals surface area contributed by atoms with Gasteiger partial charge in [-0.2, -0.15) is 0 Å². The molecule has 0 aliphatic rings. The lowest BCUT2D eigenvalue weighted by Crippen LogP contribution is -2.56. The van der Waals surface area contributed by atoms with Crippen LogP contribution >= 0.6 is 11.8 Å². The Bertz CT molecular complexity index is 1550. The number of carboxylic acid groups (broad SMARTS) is 1. The van der Waals surface area contributed by atoms with Gasteiger partial charge in [0.1, 0.15) is 24.2 Å². The Balaban J connectivity index is 1.72. The van der Waals surface area contributed by atoms with Crippen molar-refractivity contribution in [1.82, 2.24) is 16.0 Å². The average molecular weight is 668 g/mol. The average Bonchev–Trinajstić information content (AvgIpc) is 3.07. The van der Waals surface area contributed by atoms with E-state index in [1.54, 1.807) is 20.8 Å². The fraction of sp³-hybridized carbons (Fsp3) is 0.263. The first kappa shape index (κ1) is 35.8. The molecular weight excluding hydrogens is 627 g/mol. The van der Waals surface area contributed by atoms with Crippen LogP contribution in [0.1, 0.15) is 43.0 Å². The molecule has 4 aromatic carbocycles. The van der Waals surface area contributed by atoms with E-state index in [9.17, 15) is 19.2 Å². The van der Waals surface area contributed by atoms with E-state index in [1.807, 2.05) is 121 Å². The molecule has 0 aliphatic carbocycles. The molecule has 4 aromatic rings. The quantitative estimate of drug-likeness (QED) is 0.130. The van der Waals surface area contributed by atoms with Crippen LogP contribution in [0.25, 0.3) is 0 Å². The van der Waals surface area contributed by atoms with Crippen molar-refractivity contribution in [2.24, 2.45) is 0 Å². The number of carboxylic acids is 1. The molecule has 48 heavy (non-hydrogen) atoms. The van der Waals surface area contributed by atoms with E-state index in [2.05, 4.69) is 16.0 Å². The number of amides is 3. The topological polar surface area (TPSA) is 134 Å². The summed E-state index contributed by atoms with van der Waals surface area (Å²) in [6.07, 6.45) is -0.685. The molecular formula is C38H41N3O6S. The van der Waals surface area contributed by atoms with E-state index in [0.717, 1.165) is 22.3 Å². The second-order valence-electron chi connectivity index (χ2n) is 12.2. The number of rotatable bonds is 14. The molecule has 0 spiro atoms. The Hall–Kier alpha value is -5.09. The smallest absolute Gasteiger partial charge is 0.408 e. The van der Waals surface area contributed by atoms with Crippen LogP contribution in [-0.4, -0.2) is 59.0 Å². The van der Waals surface area contributed by atoms with Gasteiger partial charge in [0.25, 0.3) is 0 Å². The zero-order chi connectivity index (χ0) is 34.6. The maximum Gasteiger partial charge on any atom is 0.408 e. The Morgan fingerprint density at radius 1 is 0.667 bits per heavy atom. The van der Waals surface area contributed by atoms with Crippen molar-refractivity contribution >= 4 is 35.6 Å². The summed E-state index contributed by atoms with van der Waals surface area (Å²) >= 11 is 1.47. The molecule has 0 saturated carbocycles. The molecule has 9 nitrogen and oxygen atoms in total. The standard InChI is InChI=1S/C38H41N3O6S/c1-37(2,3)47-36(46)41-32(35(45)40-31(34(44)39-25-33(42)43)24-27-16-8-4-9-17-27)26-48-38(28-18-10-5-11-19-28,29-20-12-6-13-21-29)30-22-14-7-15-23-30/h4-23,31-32H,24-26H2,1-3H3,(H,39,44)(H,40,45)(H,41,46)(H,42,43)/t31-,32-/m1/s1. The number of thioether (sulfide) groups is 1. The van der Waals surface area contributed by atoms with Gasteiger partial charge in [0, 0.05) is 12.2 Å². The lowest BCUT2D eigenvalue weighted by molar-refractivity contribution is -0.138. The SMILES string of the molecule is CC(C)(C)OC(=O)N[C@H](CSC(c1ccccc1)(c1ccccc1)c1ccccc1)C(=O)N[C@H](Cc1ccccc1)C(=O)NCC(=O)O. The molecule has 0 bridgehead atoms. The number of nitrogens with one attached hydrogen (secondary N) is 3. The number of carbonyl (C=O) groups is 4. The van der Waals surface area contributed by atoms with Crippen molar-refractivity contribution in [3.8, 4) is 0 Å². The molecule has 4 N–H and O–H groups in total. The molecule has 0 radical (unpaired) electrons. The maximum atomic E-state index is 14.1. The fourth-order valence-corrected chi connectivity index (χ4v) is 6.79. The highest BCUT2D eigenvalue weighted by Crippen LogP contribution is 2.48. The molecule has 10 heteroatoms. The number of hydrogen-bond donors (Lipinski definition) is 4. The monoisotopic (exact) mass is 667 g/mol. The van der Waals surface area contributed by atoms with Gasteiger partial charge < -0.3 is 25.8 Å². The Kier molecular flexibility index (Phi) is 12.4. The van der Waals surface area contributed by atoms with E-state index >= 15 is 0 Å². The lowest BCUT2D eigenvalue weighted by Gasteiger charge is -2.36. The molecule has 0 saturated heterocycles. The van der Waals surface area contributed by atoms with Gasteiger partial charge in [0.05, 0.1) is 4.75 Å². The Morgan fingerprint density at radius 3 is 1.56 bits per heavy atom. The molecule has 250 valence electrons. The maximum absolute atomic E-state index is 14.1. The van der Waals surface area contributed by atoms with Crippen molar-refractivity contribution in [3.05, 3.63) is 144 Å². The first-order valence-corrected chi connectivity index (χ1v) is 16.6. The van der Waals surface area contributed by atoms with Crippen molar-refractivity contribution in [2.45, 2.75) is 49.6 Å². The van der Waals surface area contributed by atoms with Crippen LogP contribution in [0.4, 0.5) is 4.79 Å². The first-order chi connectivity index (χ1) is 23.0. The number of carbonyl (C=O) groups excluding carboxylic acids is 3. The Labute approximate surface area is 285 Å². The number of aliphatic carboxylic acids is 1. The molecule has 2 atom stereocenters. The fourth-order valence-electron chi connectivity index (χ4n) is 5.23. The minimum absolute atomic E-state index is 0.0819. The summed E-state index contributed by atoms with van der Waals surface area (Å²) in [5.74, 6) is -2.42. The predicted octanol–water partition coefficient (Wildman–Crippen LogP) is 5.53. The summed E-state index contributed by atoms with van der Waals surface area (Å²) in [4.78, 5) is 51.7. The largest absolute Gasteiger partial charge is 0.480 e. The molecule has 0 aliphatic heterocycles. The third-order valence-electron chi connectivity index (χ3n) is 7.34. The van der Waals surface area contributed by atoms with E-state index < -0.39 is 52.9 Å². The van der Waals surface area contributed by atoms with Gasteiger partial charge in [-0.3, -0.25) is 14.4 Å². The van der Waals surface area contributed by atoms with Gasteiger partial charge in [-0.15, -0.1) is 11.8 Å². The summed E-state index contributed by atoms with van der Waals surface area (Å²) < 4.78 is 4.74. The van der Waals surface area contributed by atoms with Crippen LogP contribution in [0.3, 0.4) is 0 Å². The normalized spacial score (nSPS) is 12.6. The van der Waals surface area contributed by atoms with Crippen LogP contribution in [0.15, 0.2) is 121 Å². The summed E-state index contributed by atoms with van der Waals surface area (Å²) in [6, 6.07) is 36.6. The summed E-state index contributed by atoms with van der Waals surface area (Å²) in [5, 5.41) is 17.1. The highest BCUT2D eigenvalue weighted by molar-refractivity contribution is 8.00. The minimum Gasteiger partial charge on any atom is -0.480 e. The van der Waals surface area contributed by atoms with E-state index in [1.165, 1.54) is 11.8 Å². The van der Waals surface area contributed by atoms with Crippen LogP contribution < -0.4 is 16.0 Å². The van der Waals surface area contributed by atoms with E-state index in [-0.39, 0.29) is 12.2 Å². The van der Waals surface area contributed by atoms with Gasteiger partial charge in [0.2, 0.25) is 11.8 Å². The molecule has 0 aromatic heterocycles. The zero-order valence-electron chi connectivity index (χ0n) is 27.2. The third kappa shape index (κ3) is 9.95. The van der Waals surface area contributed by atoms with Crippen LogP contribution in [-0.2, 0) is 30.3 Å². The zero-order valence-corrected chi connectivity index (χ0v) is 28.0. The number of alkyl carbamates (subject to hydrolysis) is 1. The van der Waals surface area contributed by atoms with Crippen molar-refractivity contribution in [3.63, 3.8) is 0 Å². The molecule has 0 fully saturated rings. The van der Waals surface area contributed by atoms with Gasteiger partial charge in [-0.1, -0.05) is 121 Å². The molecule has 4 rings (SSSR count). The Morgan fingerprint density at radius 2 is 1.12 bits per heavy atom. The predicted molar refractivity (Wildman–Crippen MR) is 188 cm³/mol. The van der Waals surface area contributed by atoms with E-state index in [0.29, 0.717) is 0 Å². The number of ether oxygens (including phenoxy) is 1. The van der Waals surface area contributed by atoms with Gasteiger partial charge in [0.15, 0.2) is 0 Å². The van der Waals surface area contributed by atoms with Crippen LogP contribution in [0.2, 0.25) is 0 Å². The minimum atomic E-state index is -1.21. The number of hydrogen-bond acceptors (Lipinski definition) is 6. The summed E-state index contributed by atoms with van der Waals surface area (Å²) in [5.41, 5.74) is 2.85. The van der Waals surface area contributed by atoms with Gasteiger partial charge in [-0.25, -0.2) is 4.79 Å². The molecule has 3 amide bonds. The second-order valence-corrected chi connectivity index (χ2v) is 13.4. The molecule has 0 unspecified atom stereocenters. The summed E-state index contributed by atoms with van der Waals surface area (Å²) in [6.45, 7) is 4.57.